The minimum absolute atomic E-state index is 0.0445. The van der Waals surface area contributed by atoms with Crippen LogP contribution in [0.4, 0.5) is 33.6 Å². The predicted molar refractivity (Wildman–Crippen MR) is 109 cm³/mol. The van der Waals surface area contributed by atoms with E-state index in [1.165, 1.54) is 18.8 Å². The van der Waals surface area contributed by atoms with Gasteiger partial charge in [-0.05, 0) is 31.2 Å². The maximum Gasteiger partial charge on any atom is 0.419 e. The summed E-state index contributed by atoms with van der Waals surface area (Å²) in [5.41, 5.74) is -0.0844. The number of aryl methyl sites for hydroxylation is 2. The first-order chi connectivity index (χ1) is 15.6. The standard InChI is InChI=1S/C21H17F5N6O/c1-11-9-32(10-27-11)17-5-4-12(6-18(17)33-3)19-29-20(31(2)30-19)28-16-7-13(21(24,25)26)14(22)8-15(16)23/h4-10H,1-3H3,(H,28,29,30). The summed E-state index contributed by atoms with van der Waals surface area (Å²) in [5, 5.41) is 6.67. The number of ether oxygens (including phenoxy) is 1. The van der Waals surface area contributed by atoms with E-state index < -0.39 is 29.1 Å². The highest BCUT2D eigenvalue weighted by Gasteiger charge is 2.35. The Hall–Kier alpha value is -3.96. The first kappa shape index (κ1) is 22.2. The van der Waals surface area contributed by atoms with Crippen molar-refractivity contribution in [1.82, 2.24) is 24.3 Å². The van der Waals surface area contributed by atoms with Crippen molar-refractivity contribution < 1.29 is 26.7 Å². The molecular weight excluding hydrogens is 447 g/mol. The first-order valence-electron chi connectivity index (χ1n) is 9.50. The zero-order valence-electron chi connectivity index (χ0n) is 17.6. The molecule has 33 heavy (non-hydrogen) atoms. The van der Waals surface area contributed by atoms with E-state index in [4.69, 9.17) is 4.74 Å². The van der Waals surface area contributed by atoms with E-state index >= 15 is 0 Å². The van der Waals surface area contributed by atoms with Gasteiger partial charge in [-0.3, -0.25) is 0 Å². The molecule has 0 aliphatic carbocycles. The van der Waals surface area contributed by atoms with Crippen molar-refractivity contribution in [1.29, 1.82) is 0 Å². The molecule has 0 radical (unpaired) electrons. The lowest BCUT2D eigenvalue weighted by atomic mass is 10.1. The third kappa shape index (κ3) is 4.36. The topological polar surface area (TPSA) is 69.8 Å². The molecule has 0 fully saturated rings. The molecule has 0 unspecified atom stereocenters. The quantitative estimate of drug-likeness (QED) is 0.420. The van der Waals surface area contributed by atoms with Crippen molar-refractivity contribution >= 4 is 11.6 Å². The number of alkyl halides is 3. The molecule has 2 heterocycles. The highest BCUT2D eigenvalue weighted by Crippen LogP contribution is 2.35. The smallest absolute Gasteiger partial charge is 0.419 e. The van der Waals surface area contributed by atoms with E-state index in [-0.39, 0.29) is 17.8 Å². The number of anilines is 2. The van der Waals surface area contributed by atoms with Crippen LogP contribution in [0.3, 0.4) is 0 Å². The summed E-state index contributed by atoms with van der Waals surface area (Å²) >= 11 is 0. The molecule has 172 valence electrons. The lowest BCUT2D eigenvalue weighted by Crippen LogP contribution is -2.10. The number of hydrogen-bond donors (Lipinski definition) is 1. The number of nitrogens with one attached hydrogen (secondary N) is 1. The van der Waals surface area contributed by atoms with E-state index in [0.717, 1.165) is 11.4 Å². The van der Waals surface area contributed by atoms with Crippen LogP contribution in [-0.4, -0.2) is 31.4 Å². The molecule has 2 aromatic carbocycles. The van der Waals surface area contributed by atoms with Gasteiger partial charge in [0.05, 0.1) is 36.1 Å². The minimum atomic E-state index is -4.98. The van der Waals surface area contributed by atoms with Crippen molar-refractivity contribution in [3.8, 4) is 22.8 Å². The van der Waals surface area contributed by atoms with Crippen molar-refractivity contribution in [2.24, 2.45) is 7.05 Å². The van der Waals surface area contributed by atoms with E-state index in [9.17, 15) is 22.0 Å². The molecule has 4 aromatic rings. The summed E-state index contributed by atoms with van der Waals surface area (Å²) in [5.74, 6) is -2.23. The maximum atomic E-state index is 14.1. The molecule has 0 aliphatic rings. The van der Waals surface area contributed by atoms with Gasteiger partial charge in [-0.25, -0.2) is 18.4 Å². The molecule has 12 heteroatoms. The Morgan fingerprint density at radius 1 is 1.06 bits per heavy atom. The van der Waals surface area contributed by atoms with Gasteiger partial charge in [0.1, 0.15) is 17.4 Å². The fourth-order valence-corrected chi connectivity index (χ4v) is 3.18. The largest absolute Gasteiger partial charge is 0.495 e. The number of benzene rings is 2. The second kappa shape index (κ2) is 8.19. The minimum Gasteiger partial charge on any atom is -0.495 e. The fourth-order valence-electron chi connectivity index (χ4n) is 3.18. The lowest BCUT2D eigenvalue weighted by Gasteiger charge is -2.12. The van der Waals surface area contributed by atoms with Gasteiger partial charge in [0, 0.05) is 24.9 Å². The Morgan fingerprint density at radius 3 is 2.45 bits per heavy atom. The van der Waals surface area contributed by atoms with Crippen LogP contribution < -0.4 is 10.1 Å². The molecule has 0 spiro atoms. The van der Waals surface area contributed by atoms with E-state index in [1.807, 2.05) is 13.1 Å². The summed E-state index contributed by atoms with van der Waals surface area (Å²) < 4.78 is 75.1. The number of hydrogen-bond acceptors (Lipinski definition) is 5. The summed E-state index contributed by atoms with van der Waals surface area (Å²) in [6, 6.07) is 5.71. The highest BCUT2D eigenvalue weighted by atomic mass is 19.4. The fraction of sp³-hybridized carbons (Fsp3) is 0.190. The SMILES string of the molecule is COc1cc(-c2nc(Nc3cc(C(F)(F)F)c(F)cc3F)n(C)n2)ccc1-n1cnc(C)c1. The average molecular weight is 464 g/mol. The van der Waals surface area contributed by atoms with Gasteiger partial charge in [-0.2, -0.15) is 18.2 Å². The molecule has 0 atom stereocenters. The monoisotopic (exact) mass is 464 g/mol. The van der Waals surface area contributed by atoms with Crippen molar-refractivity contribution in [3.05, 3.63) is 65.7 Å². The van der Waals surface area contributed by atoms with Crippen molar-refractivity contribution in [2.45, 2.75) is 13.1 Å². The first-order valence-corrected chi connectivity index (χ1v) is 9.50. The summed E-state index contributed by atoms with van der Waals surface area (Å²) in [6.45, 7) is 1.85. The zero-order valence-corrected chi connectivity index (χ0v) is 17.6. The summed E-state index contributed by atoms with van der Waals surface area (Å²) in [7, 11) is 2.98. The lowest BCUT2D eigenvalue weighted by molar-refractivity contribution is -0.140. The van der Waals surface area contributed by atoms with Gasteiger partial charge in [-0.15, -0.1) is 5.10 Å². The third-order valence-electron chi connectivity index (χ3n) is 4.80. The van der Waals surface area contributed by atoms with Crippen LogP contribution in [0.25, 0.3) is 17.1 Å². The van der Waals surface area contributed by atoms with Crippen LogP contribution in [0.1, 0.15) is 11.3 Å². The Morgan fingerprint density at radius 2 is 1.82 bits per heavy atom. The number of nitrogens with zero attached hydrogens (tertiary/aromatic N) is 5. The van der Waals surface area contributed by atoms with Crippen LogP contribution in [0.5, 0.6) is 5.75 Å². The maximum absolute atomic E-state index is 14.1. The second-order valence-corrected chi connectivity index (χ2v) is 7.13. The molecule has 4 rings (SSSR count). The number of imidazole rings is 1. The number of aromatic nitrogens is 5. The van der Waals surface area contributed by atoms with Gasteiger partial charge in [-0.1, -0.05) is 0 Å². The molecule has 0 aliphatic heterocycles. The molecule has 0 saturated heterocycles. The number of halogens is 5. The summed E-state index contributed by atoms with van der Waals surface area (Å²) in [4.78, 5) is 8.42. The highest BCUT2D eigenvalue weighted by molar-refractivity contribution is 5.65. The number of methoxy groups -OCH3 is 1. The molecule has 0 bridgehead atoms. The van der Waals surface area contributed by atoms with E-state index in [2.05, 4.69) is 20.4 Å². The Balaban J connectivity index is 1.67. The van der Waals surface area contributed by atoms with Crippen LogP contribution in [0.15, 0.2) is 42.9 Å². The van der Waals surface area contributed by atoms with E-state index in [0.29, 0.717) is 17.4 Å². The van der Waals surface area contributed by atoms with Gasteiger partial charge in [0.25, 0.3) is 0 Å². The average Bonchev–Trinajstić information content (AvgIpc) is 3.34. The molecular formula is C21H17F5N6O. The second-order valence-electron chi connectivity index (χ2n) is 7.13. The molecule has 0 saturated carbocycles. The normalized spacial score (nSPS) is 11.6. The molecule has 1 N–H and O–H groups in total. The van der Waals surface area contributed by atoms with Crippen molar-refractivity contribution in [3.63, 3.8) is 0 Å². The molecule has 0 amide bonds. The zero-order chi connectivity index (χ0) is 23.9. The Kier molecular flexibility index (Phi) is 5.52. The van der Waals surface area contributed by atoms with Gasteiger partial charge < -0.3 is 14.6 Å². The van der Waals surface area contributed by atoms with Crippen LogP contribution >= 0.6 is 0 Å². The van der Waals surface area contributed by atoms with Gasteiger partial charge >= 0.3 is 6.18 Å². The third-order valence-corrected chi connectivity index (χ3v) is 4.80. The van der Waals surface area contributed by atoms with Crippen molar-refractivity contribution in [2.75, 3.05) is 12.4 Å². The van der Waals surface area contributed by atoms with Crippen LogP contribution in [0.2, 0.25) is 0 Å². The Labute approximate surface area is 184 Å². The molecule has 7 nitrogen and oxygen atoms in total. The van der Waals surface area contributed by atoms with E-state index in [1.54, 1.807) is 29.1 Å². The summed E-state index contributed by atoms with van der Waals surface area (Å²) in [6.07, 6.45) is -1.52. The molecule has 2 aromatic heterocycles. The number of rotatable bonds is 5. The van der Waals surface area contributed by atoms with Crippen LogP contribution in [0, 0.1) is 18.6 Å². The van der Waals surface area contributed by atoms with Gasteiger partial charge in [0.2, 0.25) is 5.95 Å². The van der Waals surface area contributed by atoms with Gasteiger partial charge in [0.15, 0.2) is 5.82 Å². The predicted octanol–water partition coefficient (Wildman–Crippen LogP) is 5.03. The van der Waals surface area contributed by atoms with Crippen LogP contribution in [-0.2, 0) is 13.2 Å². The Bertz CT molecular complexity index is 1330.